The molecule has 100 valence electrons. The molecule has 0 fully saturated rings. The summed E-state index contributed by atoms with van der Waals surface area (Å²) in [7, 11) is 0. The number of nitrogens with one attached hydrogen (secondary N) is 3. The first-order valence-corrected chi connectivity index (χ1v) is 6.18. The van der Waals surface area contributed by atoms with Crippen LogP contribution in [0.1, 0.15) is 34.1 Å². The number of carbonyl (C=O) groups is 2. The molecule has 0 aromatic heterocycles. The van der Waals surface area contributed by atoms with Crippen LogP contribution in [0.15, 0.2) is 0 Å². The van der Waals surface area contributed by atoms with Gasteiger partial charge in [-0.1, -0.05) is 13.8 Å². The molecule has 0 spiro atoms. The molecule has 0 aliphatic rings. The second kappa shape index (κ2) is 8.98. The van der Waals surface area contributed by atoms with Crippen molar-refractivity contribution in [1.82, 2.24) is 16.0 Å². The van der Waals surface area contributed by atoms with Crippen molar-refractivity contribution in [3.8, 4) is 0 Å². The van der Waals surface area contributed by atoms with Crippen LogP contribution in [0.25, 0.3) is 0 Å². The summed E-state index contributed by atoms with van der Waals surface area (Å²) < 4.78 is 0. The zero-order chi connectivity index (χ0) is 13.3. The molecule has 0 aromatic carbocycles. The van der Waals surface area contributed by atoms with Crippen molar-refractivity contribution >= 4 is 11.8 Å². The van der Waals surface area contributed by atoms with Gasteiger partial charge in [-0.25, -0.2) is 0 Å². The molecular formula is C12H25N3O2. The monoisotopic (exact) mass is 243 g/mol. The number of hydrogen-bond acceptors (Lipinski definition) is 3. The summed E-state index contributed by atoms with van der Waals surface area (Å²) in [5, 5.41) is 8.34. The first kappa shape index (κ1) is 15.9. The predicted molar refractivity (Wildman–Crippen MR) is 68.6 cm³/mol. The van der Waals surface area contributed by atoms with Crippen LogP contribution in [-0.2, 0) is 9.59 Å². The summed E-state index contributed by atoms with van der Waals surface area (Å²) in [5.41, 5.74) is 0. The van der Waals surface area contributed by atoms with Crippen LogP contribution in [0.2, 0.25) is 0 Å². The highest BCUT2D eigenvalue weighted by atomic mass is 16.2. The average Bonchev–Trinajstić information content (AvgIpc) is 2.15. The maximum absolute atomic E-state index is 11.3. The summed E-state index contributed by atoms with van der Waals surface area (Å²) in [6.45, 7) is 9.07. The molecule has 0 heterocycles. The fourth-order valence-corrected chi connectivity index (χ4v) is 1.23. The Hall–Kier alpha value is -1.10. The molecule has 0 saturated carbocycles. The minimum absolute atomic E-state index is 0.0667. The molecule has 3 N–H and O–H groups in total. The Bertz CT molecular complexity index is 240. The third-order valence-electron chi connectivity index (χ3n) is 2.06. The lowest BCUT2D eigenvalue weighted by atomic mass is 10.1. The highest BCUT2D eigenvalue weighted by molar-refractivity contribution is 5.81. The summed E-state index contributed by atoms with van der Waals surface area (Å²) in [4.78, 5) is 22.6. The van der Waals surface area contributed by atoms with E-state index in [1.807, 2.05) is 13.8 Å². The van der Waals surface area contributed by atoms with Gasteiger partial charge in [0.15, 0.2) is 0 Å². The second-order valence-corrected chi connectivity index (χ2v) is 4.86. The van der Waals surface area contributed by atoms with Gasteiger partial charge in [-0.15, -0.1) is 0 Å². The number of hydrogen-bond donors (Lipinski definition) is 3. The first-order valence-electron chi connectivity index (χ1n) is 6.18. The largest absolute Gasteiger partial charge is 0.355 e. The van der Waals surface area contributed by atoms with Gasteiger partial charge < -0.3 is 10.6 Å². The topological polar surface area (TPSA) is 70.2 Å². The summed E-state index contributed by atoms with van der Waals surface area (Å²) in [5.74, 6) is 0.429. The average molecular weight is 243 g/mol. The molecule has 0 rings (SSSR count). The van der Waals surface area contributed by atoms with E-state index in [1.54, 1.807) is 0 Å². The Morgan fingerprint density at radius 2 is 1.59 bits per heavy atom. The zero-order valence-corrected chi connectivity index (χ0v) is 11.3. The van der Waals surface area contributed by atoms with Crippen molar-refractivity contribution in [2.24, 2.45) is 5.92 Å². The summed E-state index contributed by atoms with van der Waals surface area (Å²) >= 11 is 0. The van der Waals surface area contributed by atoms with Crippen LogP contribution in [0.4, 0.5) is 0 Å². The van der Waals surface area contributed by atoms with Crippen LogP contribution < -0.4 is 16.0 Å². The van der Waals surface area contributed by atoms with E-state index in [9.17, 15) is 9.59 Å². The Labute approximate surface area is 104 Å². The van der Waals surface area contributed by atoms with Gasteiger partial charge in [0.25, 0.3) is 0 Å². The van der Waals surface area contributed by atoms with Crippen molar-refractivity contribution in [3.05, 3.63) is 0 Å². The molecule has 0 radical (unpaired) electrons. The van der Waals surface area contributed by atoms with Gasteiger partial charge in [-0.05, 0) is 26.2 Å². The van der Waals surface area contributed by atoms with E-state index in [4.69, 9.17) is 0 Å². The fourth-order valence-electron chi connectivity index (χ4n) is 1.23. The third kappa shape index (κ3) is 11.2. The Balaban J connectivity index is 3.48. The van der Waals surface area contributed by atoms with E-state index in [0.717, 1.165) is 6.42 Å². The highest BCUT2D eigenvalue weighted by Crippen LogP contribution is 1.95. The van der Waals surface area contributed by atoms with E-state index in [2.05, 4.69) is 29.8 Å². The molecule has 0 aliphatic carbocycles. The number of carbonyl (C=O) groups excluding carboxylic acids is 2. The normalized spacial score (nSPS) is 10.7. The number of rotatable bonds is 8. The molecule has 5 heteroatoms. The standard InChI is InChI=1S/C12H25N3O2/c1-9(2)5-6-14-11(16)7-13-8-12(17)15-10(3)4/h9-10,13H,5-8H2,1-4H3,(H,14,16)(H,15,17). The van der Waals surface area contributed by atoms with Crippen molar-refractivity contribution < 1.29 is 9.59 Å². The van der Waals surface area contributed by atoms with E-state index >= 15 is 0 Å². The van der Waals surface area contributed by atoms with Crippen molar-refractivity contribution in [3.63, 3.8) is 0 Å². The maximum Gasteiger partial charge on any atom is 0.234 e. The molecule has 0 bridgehead atoms. The zero-order valence-electron chi connectivity index (χ0n) is 11.3. The molecular weight excluding hydrogens is 218 g/mol. The van der Waals surface area contributed by atoms with E-state index < -0.39 is 0 Å². The highest BCUT2D eigenvalue weighted by Gasteiger charge is 2.04. The summed E-state index contributed by atoms with van der Waals surface area (Å²) in [6.07, 6.45) is 0.972. The van der Waals surface area contributed by atoms with Gasteiger partial charge >= 0.3 is 0 Å². The van der Waals surface area contributed by atoms with Crippen LogP contribution in [-0.4, -0.2) is 37.5 Å². The van der Waals surface area contributed by atoms with Crippen molar-refractivity contribution in [2.75, 3.05) is 19.6 Å². The Kier molecular flexibility index (Phi) is 8.40. The third-order valence-corrected chi connectivity index (χ3v) is 2.06. The quantitative estimate of drug-likeness (QED) is 0.573. The van der Waals surface area contributed by atoms with Gasteiger partial charge in [0, 0.05) is 12.6 Å². The van der Waals surface area contributed by atoms with E-state index in [-0.39, 0.29) is 30.9 Å². The minimum atomic E-state index is -0.0880. The van der Waals surface area contributed by atoms with Crippen LogP contribution in [0, 0.1) is 5.92 Å². The second-order valence-electron chi connectivity index (χ2n) is 4.86. The lowest BCUT2D eigenvalue weighted by molar-refractivity contribution is -0.121. The van der Waals surface area contributed by atoms with Crippen molar-refractivity contribution in [1.29, 1.82) is 0 Å². The predicted octanol–water partition coefficient (Wildman–Crippen LogP) is 0.263. The first-order chi connectivity index (χ1) is 7.91. The van der Waals surface area contributed by atoms with E-state index in [0.29, 0.717) is 12.5 Å². The molecule has 0 saturated heterocycles. The lowest BCUT2D eigenvalue weighted by Gasteiger charge is -2.10. The molecule has 17 heavy (non-hydrogen) atoms. The van der Waals surface area contributed by atoms with Gasteiger partial charge in [0.05, 0.1) is 13.1 Å². The lowest BCUT2D eigenvalue weighted by Crippen LogP contribution is -2.41. The maximum atomic E-state index is 11.3. The van der Waals surface area contributed by atoms with Crippen LogP contribution in [0.3, 0.4) is 0 Å². The minimum Gasteiger partial charge on any atom is -0.355 e. The van der Waals surface area contributed by atoms with Gasteiger partial charge in [0.2, 0.25) is 11.8 Å². The van der Waals surface area contributed by atoms with Gasteiger partial charge in [-0.2, -0.15) is 0 Å². The van der Waals surface area contributed by atoms with Gasteiger partial charge in [0.1, 0.15) is 0 Å². The van der Waals surface area contributed by atoms with Gasteiger partial charge in [-0.3, -0.25) is 14.9 Å². The van der Waals surface area contributed by atoms with Crippen molar-refractivity contribution in [2.45, 2.75) is 40.2 Å². The fraction of sp³-hybridized carbons (Fsp3) is 0.833. The molecule has 0 unspecified atom stereocenters. The smallest absolute Gasteiger partial charge is 0.234 e. The van der Waals surface area contributed by atoms with E-state index in [1.165, 1.54) is 0 Å². The molecule has 0 atom stereocenters. The molecule has 0 aromatic rings. The Morgan fingerprint density at radius 3 is 2.12 bits per heavy atom. The molecule has 0 aliphatic heterocycles. The molecule has 5 nitrogen and oxygen atoms in total. The molecule has 2 amide bonds. The summed E-state index contributed by atoms with van der Waals surface area (Å²) in [6, 6.07) is 0.129. The van der Waals surface area contributed by atoms with Crippen LogP contribution in [0.5, 0.6) is 0 Å². The Morgan fingerprint density at radius 1 is 1.00 bits per heavy atom. The van der Waals surface area contributed by atoms with Crippen LogP contribution >= 0.6 is 0 Å². The number of amides is 2. The SMILES string of the molecule is CC(C)CCNC(=O)CNCC(=O)NC(C)C.